The lowest BCUT2D eigenvalue weighted by molar-refractivity contribution is -0.143. The van der Waals surface area contributed by atoms with Gasteiger partial charge in [0, 0.05) is 12.1 Å². The van der Waals surface area contributed by atoms with E-state index >= 15 is 0 Å². The van der Waals surface area contributed by atoms with E-state index in [-0.39, 0.29) is 17.1 Å². The second-order valence-corrected chi connectivity index (χ2v) is 5.09. The predicted molar refractivity (Wildman–Crippen MR) is 75.9 cm³/mol. The molecule has 0 bridgehead atoms. The Bertz CT molecular complexity index is 593. The molecule has 0 spiro atoms. The zero-order valence-corrected chi connectivity index (χ0v) is 12.5. The summed E-state index contributed by atoms with van der Waals surface area (Å²) in [7, 11) is 1.29. The number of amides is 1. The first-order chi connectivity index (χ1) is 10.9. The number of nitrogens with zero attached hydrogens (tertiary/aromatic N) is 1. The Morgan fingerprint density at radius 3 is 2.65 bits per heavy atom. The Balaban J connectivity index is 2.29. The van der Waals surface area contributed by atoms with Crippen molar-refractivity contribution in [2.75, 3.05) is 13.7 Å². The molecule has 1 heterocycles. The van der Waals surface area contributed by atoms with Crippen LogP contribution in [0.2, 0.25) is 0 Å². The monoisotopic (exact) mass is 329 g/mol. The maximum absolute atomic E-state index is 12.5. The van der Waals surface area contributed by atoms with Gasteiger partial charge in [-0.05, 0) is 37.5 Å². The van der Waals surface area contributed by atoms with E-state index in [9.17, 15) is 23.5 Å². The number of rotatable bonds is 5. The summed E-state index contributed by atoms with van der Waals surface area (Å²) in [6.45, 7) is -2.75. The van der Waals surface area contributed by atoms with E-state index < -0.39 is 24.5 Å². The van der Waals surface area contributed by atoms with Gasteiger partial charge in [0.2, 0.25) is 0 Å². The third-order valence-electron chi connectivity index (χ3n) is 3.68. The molecule has 0 aromatic heterocycles. The Hall–Kier alpha value is -2.38. The first-order valence-corrected chi connectivity index (χ1v) is 7.10. The highest BCUT2D eigenvalue weighted by molar-refractivity contribution is 5.97. The highest BCUT2D eigenvalue weighted by Crippen LogP contribution is 2.30. The van der Waals surface area contributed by atoms with Gasteiger partial charge in [0.05, 0.1) is 7.11 Å². The van der Waals surface area contributed by atoms with Crippen LogP contribution in [-0.2, 0) is 4.79 Å². The number of benzene rings is 1. The van der Waals surface area contributed by atoms with Gasteiger partial charge in [-0.3, -0.25) is 4.79 Å². The number of likely N-dealkylation sites (tertiary alicyclic amines) is 1. The number of hydrogen-bond acceptors (Lipinski definition) is 4. The topological polar surface area (TPSA) is 76.1 Å². The highest BCUT2D eigenvalue weighted by Gasteiger charge is 2.32. The van der Waals surface area contributed by atoms with Crippen molar-refractivity contribution in [1.82, 2.24) is 4.90 Å². The molecule has 6 nitrogen and oxygen atoms in total. The SMILES string of the molecule is COc1ccc(C(=O)N2CCCCC2C(=O)O)cc1OC(F)F. The van der Waals surface area contributed by atoms with Gasteiger partial charge in [0.15, 0.2) is 11.5 Å². The highest BCUT2D eigenvalue weighted by atomic mass is 19.3. The third-order valence-corrected chi connectivity index (χ3v) is 3.68. The lowest BCUT2D eigenvalue weighted by Crippen LogP contribution is -2.47. The van der Waals surface area contributed by atoms with E-state index in [2.05, 4.69) is 4.74 Å². The first kappa shape index (κ1) is 17.0. The molecule has 8 heteroatoms. The van der Waals surface area contributed by atoms with Crippen molar-refractivity contribution >= 4 is 11.9 Å². The number of alkyl halides is 2. The fourth-order valence-corrected chi connectivity index (χ4v) is 2.60. The largest absolute Gasteiger partial charge is 0.493 e. The van der Waals surface area contributed by atoms with Crippen molar-refractivity contribution in [3.8, 4) is 11.5 Å². The van der Waals surface area contributed by atoms with Gasteiger partial charge < -0.3 is 19.5 Å². The molecule has 126 valence electrons. The summed E-state index contributed by atoms with van der Waals surface area (Å²) in [6, 6.07) is 2.97. The van der Waals surface area contributed by atoms with E-state index in [0.717, 1.165) is 12.5 Å². The van der Waals surface area contributed by atoms with Crippen LogP contribution in [0.4, 0.5) is 8.78 Å². The summed E-state index contributed by atoms with van der Waals surface area (Å²) >= 11 is 0. The molecule has 2 rings (SSSR count). The molecule has 1 aromatic rings. The van der Waals surface area contributed by atoms with Gasteiger partial charge in [0.25, 0.3) is 5.91 Å². The molecule has 1 unspecified atom stereocenters. The van der Waals surface area contributed by atoms with E-state index in [0.29, 0.717) is 19.4 Å². The first-order valence-electron chi connectivity index (χ1n) is 7.10. The van der Waals surface area contributed by atoms with Crippen molar-refractivity contribution in [2.45, 2.75) is 31.9 Å². The van der Waals surface area contributed by atoms with Crippen LogP contribution in [0, 0.1) is 0 Å². The summed E-state index contributed by atoms with van der Waals surface area (Å²) in [5.74, 6) is -1.80. The van der Waals surface area contributed by atoms with Crippen LogP contribution in [0.15, 0.2) is 18.2 Å². The van der Waals surface area contributed by atoms with Crippen molar-refractivity contribution in [1.29, 1.82) is 0 Å². The van der Waals surface area contributed by atoms with Crippen molar-refractivity contribution < 1.29 is 33.0 Å². The minimum Gasteiger partial charge on any atom is -0.493 e. The summed E-state index contributed by atoms with van der Waals surface area (Å²) in [5.41, 5.74) is 0.0783. The minimum absolute atomic E-state index is 0.0651. The number of ether oxygens (including phenoxy) is 2. The normalized spacial score (nSPS) is 17.9. The maximum atomic E-state index is 12.5. The average Bonchev–Trinajstić information content (AvgIpc) is 2.53. The summed E-state index contributed by atoms with van der Waals surface area (Å²) in [5, 5.41) is 9.22. The molecule has 0 aliphatic carbocycles. The number of piperidine rings is 1. The number of hydrogen-bond donors (Lipinski definition) is 1. The fourth-order valence-electron chi connectivity index (χ4n) is 2.60. The molecule has 1 aliphatic rings. The molecule has 1 aliphatic heterocycles. The van der Waals surface area contributed by atoms with Crippen molar-refractivity contribution in [3.05, 3.63) is 23.8 Å². The smallest absolute Gasteiger partial charge is 0.387 e. The summed E-state index contributed by atoms with van der Waals surface area (Å²) < 4.78 is 34.1. The number of aliphatic carboxylic acids is 1. The van der Waals surface area contributed by atoms with Crippen LogP contribution in [0.3, 0.4) is 0 Å². The molecule has 1 fully saturated rings. The molecule has 0 radical (unpaired) electrons. The molecule has 1 saturated heterocycles. The standard InChI is InChI=1S/C15H17F2NO5/c1-22-11-6-5-9(8-12(11)23-15(16)17)13(19)18-7-3-2-4-10(18)14(20)21/h5-6,8,10,15H,2-4,7H2,1H3,(H,20,21). The predicted octanol–water partition coefficient (Wildman–Crippen LogP) is 2.38. The Morgan fingerprint density at radius 2 is 2.04 bits per heavy atom. The zero-order chi connectivity index (χ0) is 17.0. The van der Waals surface area contributed by atoms with E-state index in [4.69, 9.17) is 4.74 Å². The fraction of sp³-hybridized carbons (Fsp3) is 0.467. The van der Waals surface area contributed by atoms with Gasteiger partial charge in [0.1, 0.15) is 6.04 Å². The van der Waals surface area contributed by atoms with Crippen molar-refractivity contribution in [2.24, 2.45) is 0 Å². The second-order valence-electron chi connectivity index (χ2n) is 5.09. The van der Waals surface area contributed by atoms with Gasteiger partial charge >= 0.3 is 12.6 Å². The third kappa shape index (κ3) is 3.88. The number of methoxy groups -OCH3 is 1. The quantitative estimate of drug-likeness (QED) is 0.897. The van der Waals surface area contributed by atoms with Gasteiger partial charge in [-0.15, -0.1) is 0 Å². The molecule has 1 aromatic carbocycles. The zero-order valence-electron chi connectivity index (χ0n) is 12.5. The molecule has 23 heavy (non-hydrogen) atoms. The van der Waals surface area contributed by atoms with Crippen LogP contribution in [0.1, 0.15) is 29.6 Å². The molecule has 0 saturated carbocycles. The van der Waals surface area contributed by atoms with Crippen LogP contribution in [-0.4, -0.2) is 48.2 Å². The lowest BCUT2D eigenvalue weighted by atomic mass is 10.0. The Kier molecular flexibility index (Phi) is 5.36. The number of halogens is 2. The number of carboxylic acids is 1. The Labute approximate surface area is 131 Å². The van der Waals surface area contributed by atoms with E-state index in [1.165, 1.54) is 24.1 Å². The van der Waals surface area contributed by atoms with Crippen LogP contribution in [0.25, 0.3) is 0 Å². The molecule has 1 amide bonds. The minimum atomic E-state index is -3.06. The number of carbonyl (C=O) groups excluding carboxylic acids is 1. The van der Waals surface area contributed by atoms with E-state index in [1.807, 2.05) is 0 Å². The lowest BCUT2D eigenvalue weighted by Gasteiger charge is -2.33. The van der Waals surface area contributed by atoms with Crippen molar-refractivity contribution in [3.63, 3.8) is 0 Å². The van der Waals surface area contributed by atoms with Gasteiger partial charge in [-0.1, -0.05) is 0 Å². The molecule has 1 N–H and O–H groups in total. The van der Waals surface area contributed by atoms with Crippen LogP contribution in [0.5, 0.6) is 11.5 Å². The summed E-state index contributed by atoms with van der Waals surface area (Å²) in [6.07, 6.45) is 1.80. The van der Waals surface area contributed by atoms with Gasteiger partial charge in [-0.25, -0.2) is 4.79 Å². The van der Waals surface area contributed by atoms with E-state index in [1.54, 1.807) is 0 Å². The van der Waals surface area contributed by atoms with Crippen LogP contribution < -0.4 is 9.47 Å². The van der Waals surface area contributed by atoms with Gasteiger partial charge in [-0.2, -0.15) is 8.78 Å². The Morgan fingerprint density at radius 1 is 1.30 bits per heavy atom. The van der Waals surface area contributed by atoms with Crippen LogP contribution >= 0.6 is 0 Å². The number of carboxylic acid groups (broad SMARTS) is 1. The summed E-state index contributed by atoms with van der Waals surface area (Å²) in [4.78, 5) is 25.1. The molecular formula is C15H17F2NO5. The second kappa shape index (κ2) is 7.26. The molecule has 1 atom stereocenters. The number of carbonyl (C=O) groups is 2. The molecular weight excluding hydrogens is 312 g/mol. The maximum Gasteiger partial charge on any atom is 0.387 e. The average molecular weight is 329 g/mol.